The molecule has 0 aromatic heterocycles. The van der Waals surface area contributed by atoms with Crippen LogP contribution in [0.3, 0.4) is 0 Å². The second-order valence-corrected chi connectivity index (χ2v) is 5.56. The minimum atomic E-state index is -1.53. The molecule has 0 aliphatic heterocycles. The zero-order valence-electron chi connectivity index (χ0n) is 14.6. The van der Waals surface area contributed by atoms with Gasteiger partial charge in [0.1, 0.15) is 18.1 Å². The predicted octanol–water partition coefficient (Wildman–Crippen LogP) is -3.76. The van der Waals surface area contributed by atoms with E-state index in [4.69, 9.17) is 21.7 Å². The third-order valence-corrected chi connectivity index (χ3v) is 3.26. The van der Waals surface area contributed by atoms with E-state index in [1.165, 1.54) is 6.92 Å². The molecule has 0 fully saturated rings. The Labute approximate surface area is 153 Å². The molecule has 9 N–H and O–H groups in total. The zero-order chi connectivity index (χ0) is 21.1. The first-order valence-corrected chi connectivity index (χ1v) is 7.81. The van der Waals surface area contributed by atoms with E-state index in [1.54, 1.807) is 0 Å². The van der Waals surface area contributed by atoms with E-state index in [2.05, 4.69) is 16.0 Å². The summed E-state index contributed by atoms with van der Waals surface area (Å²) < 4.78 is 0. The molecule has 3 unspecified atom stereocenters. The van der Waals surface area contributed by atoms with Crippen LogP contribution < -0.4 is 27.4 Å². The molecule has 0 bridgehead atoms. The molecule has 13 heteroatoms. The van der Waals surface area contributed by atoms with Crippen LogP contribution in [0, 0.1) is 0 Å². The predicted molar refractivity (Wildman–Crippen MR) is 88.8 cm³/mol. The summed E-state index contributed by atoms with van der Waals surface area (Å²) in [7, 11) is 0. The van der Waals surface area contributed by atoms with Crippen molar-refractivity contribution < 1.29 is 39.0 Å². The van der Waals surface area contributed by atoms with E-state index in [0.717, 1.165) is 0 Å². The van der Waals surface area contributed by atoms with E-state index in [0.29, 0.717) is 0 Å². The van der Waals surface area contributed by atoms with Gasteiger partial charge in [-0.05, 0) is 13.3 Å². The summed E-state index contributed by atoms with van der Waals surface area (Å²) in [4.78, 5) is 68.4. The summed E-state index contributed by atoms with van der Waals surface area (Å²) >= 11 is 0. The Hall–Kier alpha value is -3.22. The number of rotatable bonds is 12. The normalized spacial score (nSPS) is 13.6. The van der Waals surface area contributed by atoms with Crippen molar-refractivity contribution in [2.24, 2.45) is 11.5 Å². The number of carboxylic acid groups (broad SMARTS) is 2. The van der Waals surface area contributed by atoms with E-state index in [1.807, 2.05) is 0 Å². The highest BCUT2D eigenvalue weighted by Crippen LogP contribution is 2.02. The average Bonchev–Trinajstić information content (AvgIpc) is 2.56. The number of nitrogens with two attached hydrogens (primary N) is 2. The highest BCUT2D eigenvalue weighted by molar-refractivity contribution is 5.95. The van der Waals surface area contributed by atoms with Gasteiger partial charge in [-0.15, -0.1) is 0 Å². The largest absolute Gasteiger partial charge is 0.481 e. The zero-order valence-corrected chi connectivity index (χ0v) is 14.6. The van der Waals surface area contributed by atoms with Gasteiger partial charge < -0.3 is 37.6 Å². The van der Waals surface area contributed by atoms with Gasteiger partial charge in [-0.3, -0.25) is 28.8 Å². The molecule has 0 saturated carbocycles. The highest BCUT2D eigenvalue weighted by Gasteiger charge is 2.29. The van der Waals surface area contributed by atoms with E-state index < -0.39 is 66.7 Å². The van der Waals surface area contributed by atoms with Gasteiger partial charge in [0, 0.05) is 6.42 Å². The lowest BCUT2D eigenvalue weighted by Crippen LogP contribution is -2.56. The number of carboxylic acids is 2. The van der Waals surface area contributed by atoms with Crippen LogP contribution in [0.4, 0.5) is 0 Å². The standard InChI is InChI=1S/C14H23N5O8/c1-6(14(26)27)17-12(24)7(2-3-9(16)20)19-13(25)8(4-11(22)23)18-10(21)5-15/h6-8H,2-5,15H2,1H3,(H2,16,20)(H,17,24)(H,18,21)(H,19,25)(H,22,23)(H,26,27). The van der Waals surface area contributed by atoms with Gasteiger partial charge in [-0.1, -0.05) is 0 Å². The molecule has 0 radical (unpaired) electrons. The summed E-state index contributed by atoms with van der Waals surface area (Å²) in [6, 6.07) is -4.19. The highest BCUT2D eigenvalue weighted by atomic mass is 16.4. The monoisotopic (exact) mass is 389 g/mol. The Morgan fingerprint density at radius 2 is 1.48 bits per heavy atom. The molecule has 0 aliphatic rings. The van der Waals surface area contributed by atoms with Crippen molar-refractivity contribution in [1.29, 1.82) is 0 Å². The fourth-order valence-corrected chi connectivity index (χ4v) is 1.84. The van der Waals surface area contributed by atoms with Gasteiger partial charge in [0.25, 0.3) is 0 Å². The molecule has 152 valence electrons. The SMILES string of the molecule is CC(NC(=O)C(CCC(N)=O)NC(=O)C(CC(=O)O)NC(=O)CN)C(=O)O. The minimum absolute atomic E-state index is 0.260. The van der Waals surface area contributed by atoms with Crippen LogP contribution in [0.15, 0.2) is 0 Å². The first-order chi connectivity index (χ1) is 12.5. The first kappa shape index (κ1) is 23.8. The van der Waals surface area contributed by atoms with Crippen molar-refractivity contribution in [3.8, 4) is 0 Å². The van der Waals surface area contributed by atoms with Crippen LogP contribution in [-0.4, -0.2) is 70.5 Å². The molecule has 0 aromatic carbocycles. The molecule has 0 spiro atoms. The lowest BCUT2D eigenvalue weighted by molar-refractivity contribution is -0.143. The molecule has 0 saturated heterocycles. The van der Waals surface area contributed by atoms with Crippen molar-refractivity contribution in [2.45, 2.75) is 44.3 Å². The fourth-order valence-electron chi connectivity index (χ4n) is 1.84. The third-order valence-electron chi connectivity index (χ3n) is 3.26. The molecule has 4 amide bonds. The molecular formula is C14H23N5O8. The van der Waals surface area contributed by atoms with E-state index in [-0.39, 0.29) is 12.8 Å². The number of hydrogen-bond donors (Lipinski definition) is 7. The number of primary amides is 1. The van der Waals surface area contributed by atoms with Gasteiger partial charge in [0.15, 0.2) is 0 Å². The van der Waals surface area contributed by atoms with Crippen LogP contribution >= 0.6 is 0 Å². The maximum Gasteiger partial charge on any atom is 0.325 e. The Bertz CT molecular complexity index is 608. The number of carbonyl (C=O) groups is 6. The van der Waals surface area contributed by atoms with Crippen LogP contribution in [0.1, 0.15) is 26.2 Å². The molecule has 0 aromatic rings. The Morgan fingerprint density at radius 1 is 0.926 bits per heavy atom. The van der Waals surface area contributed by atoms with Crippen molar-refractivity contribution in [3.63, 3.8) is 0 Å². The smallest absolute Gasteiger partial charge is 0.325 e. The summed E-state index contributed by atoms with van der Waals surface area (Å²) in [6.07, 6.45) is -1.35. The summed E-state index contributed by atoms with van der Waals surface area (Å²) in [5, 5.41) is 24.1. The molecule has 0 aliphatic carbocycles. The molecule has 0 rings (SSSR count). The van der Waals surface area contributed by atoms with Gasteiger partial charge >= 0.3 is 11.9 Å². The van der Waals surface area contributed by atoms with Gasteiger partial charge in [-0.2, -0.15) is 0 Å². The van der Waals surface area contributed by atoms with Crippen molar-refractivity contribution in [3.05, 3.63) is 0 Å². The molecule has 0 heterocycles. The van der Waals surface area contributed by atoms with Crippen LogP contribution in [0.5, 0.6) is 0 Å². The van der Waals surface area contributed by atoms with E-state index >= 15 is 0 Å². The molecule has 13 nitrogen and oxygen atoms in total. The second-order valence-electron chi connectivity index (χ2n) is 5.56. The molecule has 27 heavy (non-hydrogen) atoms. The quantitative estimate of drug-likeness (QED) is 0.173. The van der Waals surface area contributed by atoms with Crippen LogP contribution in [-0.2, 0) is 28.8 Å². The average molecular weight is 389 g/mol. The van der Waals surface area contributed by atoms with Crippen molar-refractivity contribution in [1.82, 2.24) is 16.0 Å². The van der Waals surface area contributed by atoms with Gasteiger partial charge in [0.05, 0.1) is 13.0 Å². The lowest BCUT2D eigenvalue weighted by atomic mass is 10.1. The number of aliphatic carboxylic acids is 2. The fraction of sp³-hybridized carbons (Fsp3) is 0.571. The number of hydrogen-bond acceptors (Lipinski definition) is 7. The van der Waals surface area contributed by atoms with Crippen molar-refractivity contribution >= 4 is 35.6 Å². The van der Waals surface area contributed by atoms with Crippen LogP contribution in [0.2, 0.25) is 0 Å². The molecular weight excluding hydrogens is 366 g/mol. The first-order valence-electron chi connectivity index (χ1n) is 7.81. The number of carbonyl (C=O) groups excluding carboxylic acids is 4. The maximum absolute atomic E-state index is 12.3. The maximum atomic E-state index is 12.3. The van der Waals surface area contributed by atoms with Gasteiger partial charge in [0.2, 0.25) is 23.6 Å². The minimum Gasteiger partial charge on any atom is -0.481 e. The Morgan fingerprint density at radius 3 is 1.93 bits per heavy atom. The summed E-state index contributed by atoms with van der Waals surface area (Å²) in [5.41, 5.74) is 10.1. The lowest BCUT2D eigenvalue weighted by Gasteiger charge is -2.23. The number of amides is 4. The summed E-state index contributed by atoms with van der Waals surface area (Å²) in [5.74, 6) is -6.24. The Balaban J connectivity index is 5.26. The second kappa shape index (κ2) is 11.4. The topological polar surface area (TPSA) is 231 Å². The Kier molecular flexibility index (Phi) is 10.0. The molecule has 3 atom stereocenters. The summed E-state index contributed by atoms with van der Waals surface area (Å²) in [6.45, 7) is 0.688. The third kappa shape index (κ3) is 9.74. The van der Waals surface area contributed by atoms with Crippen LogP contribution in [0.25, 0.3) is 0 Å². The van der Waals surface area contributed by atoms with E-state index in [9.17, 15) is 28.8 Å². The van der Waals surface area contributed by atoms with Crippen molar-refractivity contribution in [2.75, 3.05) is 6.54 Å². The van der Waals surface area contributed by atoms with Gasteiger partial charge in [-0.25, -0.2) is 0 Å². The number of nitrogens with one attached hydrogen (secondary N) is 3.